The number of hydrogen-bond donors (Lipinski definition) is 2. The van der Waals surface area contributed by atoms with Crippen LogP contribution in [0.15, 0.2) is 48.5 Å². The average molecular weight is 383 g/mol. The van der Waals surface area contributed by atoms with Gasteiger partial charge in [0.1, 0.15) is 0 Å². The Labute approximate surface area is 162 Å². The molecule has 130 valence electrons. The molecule has 0 aromatic carbocycles. The highest BCUT2D eigenvalue weighted by atomic mass is 35.5. The lowest BCUT2D eigenvalue weighted by atomic mass is 10.3. The summed E-state index contributed by atoms with van der Waals surface area (Å²) in [6, 6.07) is 16.4. The van der Waals surface area contributed by atoms with Crippen LogP contribution in [0.25, 0.3) is 46.4 Å². The molecule has 3 aromatic heterocycles. The molecule has 0 saturated heterocycles. The van der Waals surface area contributed by atoms with Crippen LogP contribution in [-0.4, -0.2) is 19.9 Å². The van der Waals surface area contributed by atoms with E-state index in [0.29, 0.717) is 0 Å². The number of H-pyrrole nitrogens is 2. The molecule has 3 aromatic rings. The quantitative estimate of drug-likeness (QED) is 0.371. The van der Waals surface area contributed by atoms with E-state index in [1.165, 1.54) is 0 Å². The molecule has 4 nitrogen and oxygen atoms in total. The number of nitrogens with zero attached hydrogens (tertiary/aromatic N) is 2. The summed E-state index contributed by atoms with van der Waals surface area (Å²) in [6.45, 7) is 0. The summed E-state index contributed by atoms with van der Waals surface area (Å²) >= 11 is 0. The van der Waals surface area contributed by atoms with Crippen LogP contribution in [-0.2, 0) is 0 Å². The summed E-state index contributed by atoms with van der Waals surface area (Å²) in [5.41, 5.74) is 7.86. The molecule has 0 fully saturated rings. The maximum absolute atomic E-state index is 4.62. The van der Waals surface area contributed by atoms with Gasteiger partial charge in [-0.3, -0.25) is 0 Å². The molecule has 2 N–H and O–H groups in total. The number of aromatic amines is 2. The number of fused-ring (bicyclic) bond motifs is 8. The smallest absolute Gasteiger partial charge is 0.0659 e. The van der Waals surface area contributed by atoms with Crippen LogP contribution in [0.3, 0.4) is 0 Å². The molecule has 6 heteroatoms. The first-order valence-corrected chi connectivity index (χ1v) is 7.85. The number of rotatable bonds is 0. The van der Waals surface area contributed by atoms with Gasteiger partial charge in [0.2, 0.25) is 0 Å². The Hall–Kier alpha value is -2.82. The molecule has 5 heterocycles. The van der Waals surface area contributed by atoms with Gasteiger partial charge in [0.15, 0.2) is 0 Å². The molecular weight excluding hydrogens is 367 g/mol. The first kappa shape index (κ1) is 18.0. The zero-order chi connectivity index (χ0) is 15.9. The first-order valence-electron chi connectivity index (χ1n) is 7.85. The van der Waals surface area contributed by atoms with Gasteiger partial charge in [-0.25, -0.2) is 9.97 Å². The number of halogens is 2. The fourth-order valence-electron chi connectivity index (χ4n) is 2.94. The van der Waals surface area contributed by atoms with Gasteiger partial charge >= 0.3 is 0 Å². The van der Waals surface area contributed by atoms with E-state index in [1.807, 2.05) is 42.5 Å². The second-order valence-corrected chi connectivity index (χ2v) is 5.91. The molecule has 5 rings (SSSR count). The molecule has 0 unspecified atom stereocenters. The summed E-state index contributed by atoms with van der Waals surface area (Å²) in [7, 11) is 0. The van der Waals surface area contributed by atoms with Crippen molar-refractivity contribution in [1.82, 2.24) is 19.9 Å². The van der Waals surface area contributed by atoms with Crippen molar-refractivity contribution < 1.29 is 0 Å². The normalized spacial score (nSPS) is 11.7. The van der Waals surface area contributed by atoms with Crippen molar-refractivity contribution in [3.63, 3.8) is 0 Å². The van der Waals surface area contributed by atoms with Gasteiger partial charge in [0, 0.05) is 22.1 Å². The van der Waals surface area contributed by atoms with E-state index in [-0.39, 0.29) is 24.8 Å². The van der Waals surface area contributed by atoms with E-state index < -0.39 is 0 Å². The molecule has 26 heavy (non-hydrogen) atoms. The average Bonchev–Trinajstić information content (AvgIpc) is 3.32. The maximum atomic E-state index is 4.62. The van der Waals surface area contributed by atoms with Gasteiger partial charge in [-0.2, -0.15) is 0 Å². The molecule has 0 atom stereocenters. The van der Waals surface area contributed by atoms with Crippen molar-refractivity contribution in [2.45, 2.75) is 0 Å². The fourth-order valence-corrected chi connectivity index (χ4v) is 2.94. The molecule has 2 aliphatic heterocycles. The van der Waals surface area contributed by atoms with Crippen LogP contribution in [0.5, 0.6) is 0 Å². The Morgan fingerprint density at radius 3 is 1.23 bits per heavy atom. The molecule has 0 spiro atoms. The third kappa shape index (κ3) is 3.57. The van der Waals surface area contributed by atoms with Gasteiger partial charge in [0.25, 0.3) is 0 Å². The third-order valence-corrected chi connectivity index (χ3v) is 4.04. The minimum absolute atomic E-state index is 0. The highest BCUT2D eigenvalue weighted by molar-refractivity contribution is 5.85. The zero-order valence-corrected chi connectivity index (χ0v) is 15.3. The number of nitrogens with one attached hydrogen (secondary N) is 2. The van der Waals surface area contributed by atoms with Gasteiger partial charge < -0.3 is 9.97 Å². The van der Waals surface area contributed by atoms with E-state index in [9.17, 15) is 0 Å². The summed E-state index contributed by atoms with van der Waals surface area (Å²) in [6.07, 6.45) is 8.05. The standard InChI is InChI=1S/C20H14N4.2ClH/c1-2-14-10-16-5-6-18(23-16)12-20-8-7-19(24-20)11-17-4-3-15(22-17)9-13(1)21-14;;/h1-12,21-22H;2*1H. The highest BCUT2D eigenvalue weighted by Crippen LogP contribution is 2.17. The van der Waals surface area contributed by atoms with Crippen molar-refractivity contribution >= 4 is 71.2 Å². The summed E-state index contributed by atoms with van der Waals surface area (Å²) in [5.74, 6) is 0. The molecule has 2 aliphatic rings. The van der Waals surface area contributed by atoms with E-state index >= 15 is 0 Å². The maximum Gasteiger partial charge on any atom is 0.0659 e. The van der Waals surface area contributed by atoms with Crippen LogP contribution in [0, 0.1) is 0 Å². The molecule has 8 bridgehead atoms. The van der Waals surface area contributed by atoms with E-state index in [2.05, 4.69) is 50.3 Å². The van der Waals surface area contributed by atoms with Crippen LogP contribution < -0.4 is 0 Å². The molecule has 0 aliphatic carbocycles. The van der Waals surface area contributed by atoms with Gasteiger partial charge in [-0.15, -0.1) is 24.8 Å². The monoisotopic (exact) mass is 382 g/mol. The van der Waals surface area contributed by atoms with Crippen molar-refractivity contribution in [1.29, 1.82) is 0 Å². The predicted molar refractivity (Wildman–Crippen MR) is 113 cm³/mol. The first-order chi connectivity index (χ1) is 11.8. The largest absolute Gasteiger partial charge is 0.355 e. The summed E-state index contributed by atoms with van der Waals surface area (Å²) < 4.78 is 0. The van der Waals surface area contributed by atoms with Gasteiger partial charge in [-0.1, -0.05) is 0 Å². The second kappa shape index (κ2) is 7.20. The topological polar surface area (TPSA) is 57.4 Å². The number of aromatic nitrogens is 4. The highest BCUT2D eigenvalue weighted by Gasteiger charge is 2.02. The van der Waals surface area contributed by atoms with Crippen LogP contribution in [0.1, 0.15) is 22.8 Å². The van der Waals surface area contributed by atoms with Crippen LogP contribution >= 0.6 is 24.8 Å². The lowest BCUT2D eigenvalue weighted by Crippen LogP contribution is -1.77. The van der Waals surface area contributed by atoms with Crippen LogP contribution in [0.2, 0.25) is 0 Å². The van der Waals surface area contributed by atoms with Crippen molar-refractivity contribution in [2.75, 3.05) is 0 Å². The Kier molecular flexibility index (Phi) is 4.98. The SMILES string of the molecule is C1=Cc2cc3ccc(cc4ccc(cc5nc(cc1n2)C=C5)[nH]4)[nH]3.Cl.Cl. The zero-order valence-electron chi connectivity index (χ0n) is 13.6. The summed E-state index contributed by atoms with van der Waals surface area (Å²) in [4.78, 5) is 16.0. The van der Waals surface area contributed by atoms with Crippen LogP contribution in [0.4, 0.5) is 0 Å². The van der Waals surface area contributed by atoms with Gasteiger partial charge in [-0.05, 0) is 72.8 Å². The van der Waals surface area contributed by atoms with Crippen molar-refractivity contribution in [2.24, 2.45) is 0 Å². The number of hydrogen-bond acceptors (Lipinski definition) is 2. The van der Waals surface area contributed by atoms with E-state index in [1.54, 1.807) is 0 Å². The van der Waals surface area contributed by atoms with E-state index in [0.717, 1.165) is 44.8 Å². The van der Waals surface area contributed by atoms with Gasteiger partial charge in [0.05, 0.1) is 22.8 Å². The minimum atomic E-state index is 0. The summed E-state index contributed by atoms with van der Waals surface area (Å²) in [5, 5.41) is 0. The lowest BCUT2D eigenvalue weighted by molar-refractivity contribution is 1.28. The molecule has 0 amide bonds. The molecule has 0 saturated carbocycles. The Bertz CT molecular complexity index is 1080. The third-order valence-electron chi connectivity index (χ3n) is 4.04. The minimum Gasteiger partial charge on any atom is -0.355 e. The fraction of sp³-hybridized carbons (Fsp3) is 0. The Balaban J connectivity index is 0.000000980. The second-order valence-electron chi connectivity index (χ2n) is 5.91. The molecular formula is C20H16Cl2N4. The van der Waals surface area contributed by atoms with E-state index in [4.69, 9.17) is 0 Å². The van der Waals surface area contributed by atoms with Crippen molar-refractivity contribution in [3.8, 4) is 0 Å². The Morgan fingerprint density at radius 1 is 0.462 bits per heavy atom. The predicted octanol–water partition coefficient (Wildman–Crippen LogP) is 5.50. The molecule has 0 radical (unpaired) electrons. The lowest BCUT2D eigenvalue weighted by Gasteiger charge is -1.86. The van der Waals surface area contributed by atoms with Crippen molar-refractivity contribution in [3.05, 3.63) is 71.3 Å². The Morgan fingerprint density at radius 2 is 0.808 bits per heavy atom.